The number of aromatic nitrogens is 2. The molecule has 0 spiro atoms. The van der Waals surface area contributed by atoms with Gasteiger partial charge in [-0.05, 0) is 37.1 Å². The van der Waals surface area contributed by atoms with Crippen molar-refractivity contribution < 1.29 is 30.4 Å². The lowest BCUT2D eigenvalue weighted by Crippen LogP contribution is -2.41. The summed E-state index contributed by atoms with van der Waals surface area (Å²) in [6, 6.07) is 9.21. The zero-order chi connectivity index (χ0) is 24.5. The van der Waals surface area contributed by atoms with Gasteiger partial charge in [-0.2, -0.15) is 17.5 Å². The maximum absolute atomic E-state index is 14.9. The van der Waals surface area contributed by atoms with Gasteiger partial charge in [0.15, 0.2) is 0 Å². The maximum Gasteiger partial charge on any atom is 0.391 e. The van der Waals surface area contributed by atoms with Crippen molar-refractivity contribution in [3.8, 4) is 0 Å². The number of halogens is 5. The first-order chi connectivity index (χ1) is 16.0. The van der Waals surface area contributed by atoms with E-state index in [0.717, 1.165) is 23.9 Å². The van der Waals surface area contributed by atoms with Crippen molar-refractivity contribution in [2.75, 3.05) is 11.3 Å². The van der Waals surface area contributed by atoms with Crippen LogP contribution in [0, 0.1) is 17.6 Å². The van der Waals surface area contributed by atoms with Gasteiger partial charge in [0, 0.05) is 29.7 Å². The van der Waals surface area contributed by atoms with Gasteiger partial charge in [0.1, 0.15) is 22.9 Å². The first kappa shape index (κ1) is 24.5. The summed E-state index contributed by atoms with van der Waals surface area (Å²) in [5.74, 6) is -3.67. The molecule has 0 aliphatic carbocycles. The van der Waals surface area contributed by atoms with Gasteiger partial charge in [0.2, 0.25) is 5.13 Å². The molecule has 1 aliphatic heterocycles. The highest BCUT2D eigenvalue weighted by Gasteiger charge is 2.44. The van der Waals surface area contributed by atoms with E-state index in [9.17, 15) is 30.4 Å². The Kier molecular flexibility index (Phi) is 6.87. The summed E-state index contributed by atoms with van der Waals surface area (Å²) in [7, 11) is -4.46. The molecule has 2 heterocycles. The lowest BCUT2D eigenvalue weighted by atomic mass is 9.86. The Bertz CT molecular complexity index is 1240. The van der Waals surface area contributed by atoms with Crippen LogP contribution in [0.5, 0.6) is 0 Å². The van der Waals surface area contributed by atoms with Crippen LogP contribution in [0.3, 0.4) is 0 Å². The Hall–Kier alpha value is -2.64. The van der Waals surface area contributed by atoms with Crippen LogP contribution >= 0.6 is 11.5 Å². The number of likely N-dealkylation sites (tertiary alicyclic amines) is 1. The average molecular weight is 519 g/mol. The smallest absolute Gasteiger partial charge is 0.292 e. The van der Waals surface area contributed by atoms with E-state index in [1.54, 1.807) is 35.2 Å². The molecule has 1 aliphatic rings. The molecule has 1 unspecified atom stereocenters. The van der Waals surface area contributed by atoms with E-state index < -0.39 is 44.7 Å². The molecule has 0 radical (unpaired) electrons. The van der Waals surface area contributed by atoms with Gasteiger partial charge >= 0.3 is 6.18 Å². The highest BCUT2D eigenvalue weighted by Crippen LogP contribution is 2.42. The number of benzene rings is 2. The molecule has 182 valence electrons. The van der Waals surface area contributed by atoms with Crippen LogP contribution in [0.25, 0.3) is 0 Å². The molecule has 34 heavy (non-hydrogen) atoms. The second kappa shape index (κ2) is 9.55. The fourth-order valence-electron chi connectivity index (χ4n) is 4.03. The van der Waals surface area contributed by atoms with Crippen molar-refractivity contribution >= 4 is 26.7 Å². The van der Waals surface area contributed by atoms with Crippen LogP contribution in [0.2, 0.25) is 0 Å². The number of hydrogen-bond donors (Lipinski definition) is 1. The van der Waals surface area contributed by atoms with E-state index >= 15 is 0 Å². The molecule has 0 amide bonds. The molecule has 1 saturated heterocycles. The summed E-state index contributed by atoms with van der Waals surface area (Å²) in [6.07, 6.45) is -3.63. The van der Waals surface area contributed by atoms with E-state index in [0.29, 0.717) is 11.6 Å². The summed E-state index contributed by atoms with van der Waals surface area (Å²) in [6.45, 7) is -0.166. The van der Waals surface area contributed by atoms with E-state index in [-0.39, 0.29) is 36.6 Å². The van der Waals surface area contributed by atoms with Crippen LogP contribution in [-0.2, 0) is 16.6 Å². The number of rotatable bonds is 6. The Labute approximate surface area is 196 Å². The Morgan fingerprint density at radius 1 is 1.12 bits per heavy atom. The van der Waals surface area contributed by atoms with Crippen molar-refractivity contribution in [3.05, 3.63) is 71.6 Å². The van der Waals surface area contributed by atoms with Crippen LogP contribution in [-0.4, -0.2) is 35.4 Å². The number of piperidine rings is 1. The van der Waals surface area contributed by atoms with Crippen molar-refractivity contribution in [2.24, 2.45) is 5.92 Å². The van der Waals surface area contributed by atoms with E-state index in [4.69, 9.17) is 0 Å². The fraction of sp³-hybridized carbons (Fsp3) is 0.333. The largest absolute Gasteiger partial charge is 0.391 e. The lowest BCUT2D eigenvalue weighted by molar-refractivity contribution is -0.190. The van der Waals surface area contributed by atoms with Crippen molar-refractivity contribution in [2.45, 2.75) is 36.5 Å². The SMILES string of the molecule is O=S(=O)(Nc1ncns1)c1cc(F)c(CN2CCC(C(F)(F)F)C[C@@H]2c2ccccc2)cc1F. The first-order valence-electron chi connectivity index (χ1n) is 10.2. The number of alkyl halides is 3. The summed E-state index contributed by atoms with van der Waals surface area (Å²) in [5, 5.41) is -0.109. The van der Waals surface area contributed by atoms with Gasteiger partial charge in [0.05, 0.1) is 5.92 Å². The fourth-order valence-corrected chi connectivity index (χ4v) is 5.76. The van der Waals surface area contributed by atoms with Gasteiger partial charge in [-0.25, -0.2) is 22.2 Å². The van der Waals surface area contributed by atoms with Crippen LogP contribution in [0.4, 0.5) is 27.1 Å². The third kappa shape index (κ3) is 5.36. The van der Waals surface area contributed by atoms with Crippen molar-refractivity contribution in [3.63, 3.8) is 0 Å². The maximum atomic E-state index is 14.9. The molecule has 0 saturated carbocycles. The van der Waals surface area contributed by atoms with E-state index in [1.807, 2.05) is 4.72 Å². The molecule has 0 bridgehead atoms. The second-order valence-electron chi connectivity index (χ2n) is 7.89. The molecule has 1 fully saturated rings. The van der Waals surface area contributed by atoms with Crippen LogP contribution < -0.4 is 4.72 Å². The van der Waals surface area contributed by atoms with Gasteiger partial charge in [-0.3, -0.25) is 9.62 Å². The van der Waals surface area contributed by atoms with Gasteiger partial charge in [-0.15, -0.1) is 0 Å². The van der Waals surface area contributed by atoms with Crippen LogP contribution in [0.15, 0.2) is 53.7 Å². The molecule has 4 rings (SSSR count). The van der Waals surface area contributed by atoms with Gasteiger partial charge in [-0.1, -0.05) is 30.3 Å². The minimum absolute atomic E-state index is 0.0173. The number of nitrogens with zero attached hydrogens (tertiary/aromatic N) is 3. The molecule has 13 heteroatoms. The molecular weight excluding hydrogens is 499 g/mol. The zero-order valence-electron chi connectivity index (χ0n) is 17.5. The highest BCUT2D eigenvalue weighted by molar-refractivity contribution is 7.93. The first-order valence-corrected chi connectivity index (χ1v) is 12.4. The number of hydrogen-bond acceptors (Lipinski definition) is 6. The van der Waals surface area contributed by atoms with Crippen molar-refractivity contribution in [1.29, 1.82) is 0 Å². The topological polar surface area (TPSA) is 75.2 Å². The quantitative estimate of drug-likeness (QED) is 0.458. The monoisotopic (exact) mass is 518 g/mol. The van der Waals surface area contributed by atoms with Gasteiger partial charge in [0.25, 0.3) is 10.0 Å². The van der Waals surface area contributed by atoms with Crippen molar-refractivity contribution in [1.82, 2.24) is 14.3 Å². The molecule has 2 atom stereocenters. The predicted molar refractivity (Wildman–Crippen MR) is 115 cm³/mol. The summed E-state index contributed by atoms with van der Waals surface area (Å²) in [4.78, 5) is 4.40. The lowest BCUT2D eigenvalue weighted by Gasteiger charge is -2.40. The molecule has 3 aromatic rings. The molecular formula is C21H19F5N4O2S2. The second-order valence-corrected chi connectivity index (χ2v) is 10.3. The third-order valence-electron chi connectivity index (χ3n) is 5.71. The predicted octanol–water partition coefficient (Wildman–Crippen LogP) is 5.13. The van der Waals surface area contributed by atoms with Crippen LogP contribution in [0.1, 0.15) is 30.0 Å². The number of anilines is 1. The number of sulfonamides is 1. The van der Waals surface area contributed by atoms with E-state index in [1.165, 1.54) is 0 Å². The average Bonchev–Trinajstić information content (AvgIpc) is 3.28. The summed E-state index contributed by atoms with van der Waals surface area (Å²) < 4.78 is 100. The van der Waals surface area contributed by atoms with Gasteiger partial charge < -0.3 is 0 Å². The Morgan fingerprint density at radius 3 is 2.50 bits per heavy atom. The molecule has 6 nitrogen and oxygen atoms in total. The zero-order valence-corrected chi connectivity index (χ0v) is 19.1. The third-order valence-corrected chi connectivity index (χ3v) is 7.77. The Balaban J connectivity index is 1.60. The molecule has 1 aromatic heterocycles. The Morgan fingerprint density at radius 2 is 1.85 bits per heavy atom. The highest BCUT2D eigenvalue weighted by atomic mass is 32.2. The molecule has 2 aromatic carbocycles. The summed E-state index contributed by atoms with van der Waals surface area (Å²) in [5.41, 5.74) is 0.483. The van der Waals surface area contributed by atoms with E-state index in [2.05, 4.69) is 9.36 Å². The normalized spacial score (nSPS) is 19.8. The standard InChI is InChI=1S/C21H19F5N4O2S2/c22-16-10-19(34(31,32)29-20-27-12-28-33-20)17(23)8-14(16)11-30-7-6-15(21(24,25)26)9-18(30)13-4-2-1-3-5-13/h1-5,8,10,12,15,18H,6-7,9,11H2,(H,27,28,29)/t15?,18-/m1/s1. The molecule has 1 N–H and O–H groups in total. The minimum Gasteiger partial charge on any atom is -0.292 e. The minimum atomic E-state index is -4.46. The summed E-state index contributed by atoms with van der Waals surface area (Å²) >= 11 is 0.727. The number of nitrogens with one attached hydrogen (secondary N) is 1.